The number of nitrogens with zero attached hydrogens (tertiary/aromatic N) is 1. The second-order valence-corrected chi connectivity index (χ2v) is 8.63. The Hall–Kier alpha value is -2.42. The molecule has 3 N–H and O–H groups in total. The van der Waals surface area contributed by atoms with Crippen molar-refractivity contribution in [3.05, 3.63) is 48.0 Å². The highest BCUT2D eigenvalue weighted by Crippen LogP contribution is 2.39. The summed E-state index contributed by atoms with van der Waals surface area (Å²) < 4.78 is 0. The first-order chi connectivity index (χ1) is 13.6. The van der Waals surface area contributed by atoms with Gasteiger partial charge in [0.25, 0.3) is 5.91 Å². The number of nitriles is 1. The smallest absolute Gasteiger partial charge is 0.276 e. The van der Waals surface area contributed by atoms with Crippen molar-refractivity contribution in [2.75, 3.05) is 32.7 Å². The van der Waals surface area contributed by atoms with E-state index in [1.165, 1.54) is 21.2 Å². The Kier molecular flexibility index (Phi) is 5.34. The largest absolute Gasteiger partial charge is 0.333 e. The van der Waals surface area contributed by atoms with Crippen LogP contribution in [-0.4, -0.2) is 44.2 Å². The second kappa shape index (κ2) is 7.90. The number of carbonyl (C=O) groups is 1. The molecular weight excluding hydrogens is 348 g/mol. The van der Waals surface area contributed by atoms with E-state index in [2.05, 4.69) is 53.9 Å². The van der Waals surface area contributed by atoms with E-state index in [-0.39, 0.29) is 5.91 Å². The molecule has 5 nitrogen and oxygen atoms in total. The van der Waals surface area contributed by atoms with E-state index < -0.39 is 5.54 Å². The maximum Gasteiger partial charge on any atom is 0.276 e. The molecule has 0 unspecified atom stereocenters. The summed E-state index contributed by atoms with van der Waals surface area (Å²) in [5.41, 5.74) is 0.723. The third kappa shape index (κ3) is 4.19. The molecule has 146 valence electrons. The van der Waals surface area contributed by atoms with Gasteiger partial charge in [0.2, 0.25) is 0 Å². The Balaban J connectivity index is 1.29. The lowest BCUT2D eigenvalue weighted by molar-refractivity contribution is -1.02. The molecule has 0 bridgehead atoms. The molecule has 0 radical (unpaired) electrons. The van der Waals surface area contributed by atoms with Crippen molar-refractivity contribution in [1.82, 2.24) is 5.32 Å². The van der Waals surface area contributed by atoms with Gasteiger partial charge in [-0.2, -0.15) is 5.26 Å². The summed E-state index contributed by atoms with van der Waals surface area (Å²) in [6.45, 7) is 7.53. The highest BCUT2D eigenvalue weighted by Gasteiger charge is 2.43. The molecule has 5 heteroatoms. The summed E-state index contributed by atoms with van der Waals surface area (Å²) in [7, 11) is 0. The number of quaternary nitrogens is 2. The molecule has 1 saturated heterocycles. The third-order valence-electron chi connectivity index (χ3n) is 6.42. The zero-order valence-electron chi connectivity index (χ0n) is 16.6. The van der Waals surface area contributed by atoms with Crippen LogP contribution in [0.5, 0.6) is 0 Å². The minimum absolute atomic E-state index is 0.0171. The fourth-order valence-corrected chi connectivity index (χ4v) is 4.47. The summed E-state index contributed by atoms with van der Waals surface area (Å²) in [5.74, 6) is 0.349. The normalized spacial score (nSPS) is 24.3. The zero-order valence-corrected chi connectivity index (χ0v) is 16.6. The molecule has 0 aromatic heterocycles. The summed E-state index contributed by atoms with van der Waals surface area (Å²) >= 11 is 0. The topological polar surface area (TPSA) is 61.8 Å². The fraction of sp³-hybridized carbons (Fsp3) is 0.478. The summed E-state index contributed by atoms with van der Waals surface area (Å²) in [5, 5.41) is 15.1. The molecule has 1 aliphatic carbocycles. The summed E-state index contributed by atoms with van der Waals surface area (Å²) in [6.07, 6.45) is 2.10. The van der Waals surface area contributed by atoms with Crippen LogP contribution in [0.4, 0.5) is 0 Å². The van der Waals surface area contributed by atoms with E-state index in [1.54, 1.807) is 4.90 Å². The highest BCUT2D eigenvalue weighted by atomic mass is 16.2. The SMILES string of the molecule is C[C@@](C#N)(NC(=O)C[NH+]1CC[NH+](Cc2cccc3ccccc23)CC1)C1CC1. The minimum Gasteiger partial charge on any atom is -0.333 e. The number of benzene rings is 2. The van der Waals surface area contributed by atoms with Crippen LogP contribution < -0.4 is 15.1 Å². The first-order valence-electron chi connectivity index (χ1n) is 10.4. The number of hydrogen-bond acceptors (Lipinski definition) is 2. The van der Waals surface area contributed by atoms with Crippen LogP contribution in [0.2, 0.25) is 0 Å². The predicted molar refractivity (Wildman–Crippen MR) is 109 cm³/mol. The lowest BCUT2D eigenvalue weighted by Gasteiger charge is -2.30. The van der Waals surface area contributed by atoms with Crippen LogP contribution in [0.3, 0.4) is 0 Å². The van der Waals surface area contributed by atoms with Gasteiger partial charge in [-0.05, 0) is 36.5 Å². The molecule has 0 spiro atoms. The molecule has 2 aromatic rings. The fourth-order valence-electron chi connectivity index (χ4n) is 4.47. The van der Waals surface area contributed by atoms with Gasteiger partial charge in [0.05, 0.1) is 6.07 Å². The Morgan fingerprint density at radius 2 is 1.79 bits per heavy atom. The Labute approximate surface area is 166 Å². The van der Waals surface area contributed by atoms with Crippen LogP contribution >= 0.6 is 0 Å². The van der Waals surface area contributed by atoms with Gasteiger partial charge in [0.15, 0.2) is 6.54 Å². The average molecular weight is 379 g/mol. The average Bonchev–Trinajstić information content (AvgIpc) is 3.55. The van der Waals surface area contributed by atoms with E-state index in [9.17, 15) is 10.1 Å². The van der Waals surface area contributed by atoms with E-state index >= 15 is 0 Å². The highest BCUT2D eigenvalue weighted by molar-refractivity contribution is 5.85. The molecule has 1 atom stereocenters. The molecular formula is C23H30N4O+2. The Morgan fingerprint density at radius 3 is 2.50 bits per heavy atom. The predicted octanol–water partition coefficient (Wildman–Crippen LogP) is -0.0683. The van der Waals surface area contributed by atoms with Crippen molar-refractivity contribution in [3.63, 3.8) is 0 Å². The number of piperazine rings is 1. The van der Waals surface area contributed by atoms with Crippen molar-refractivity contribution in [2.45, 2.75) is 31.8 Å². The number of rotatable bonds is 6. The quantitative estimate of drug-likeness (QED) is 0.659. The number of carbonyl (C=O) groups excluding carboxylic acids is 1. The van der Waals surface area contributed by atoms with Crippen molar-refractivity contribution >= 4 is 16.7 Å². The molecule has 1 amide bonds. The number of nitrogens with one attached hydrogen (secondary N) is 3. The molecule has 1 saturated carbocycles. The number of hydrogen-bond donors (Lipinski definition) is 3. The summed E-state index contributed by atoms with van der Waals surface area (Å²) in [4.78, 5) is 15.4. The van der Waals surface area contributed by atoms with Gasteiger partial charge in [-0.3, -0.25) is 4.79 Å². The summed E-state index contributed by atoms with van der Waals surface area (Å²) in [6, 6.07) is 17.5. The monoisotopic (exact) mass is 378 g/mol. The molecule has 1 aliphatic heterocycles. The van der Waals surface area contributed by atoms with Crippen molar-refractivity contribution in [1.29, 1.82) is 5.26 Å². The molecule has 2 aliphatic rings. The van der Waals surface area contributed by atoms with Gasteiger partial charge >= 0.3 is 0 Å². The zero-order chi connectivity index (χ0) is 19.6. The Bertz CT molecular complexity index is 888. The van der Waals surface area contributed by atoms with E-state index in [4.69, 9.17) is 0 Å². The molecule has 2 fully saturated rings. The number of amides is 1. The van der Waals surface area contributed by atoms with Gasteiger partial charge < -0.3 is 15.1 Å². The minimum atomic E-state index is -0.683. The Morgan fingerprint density at radius 1 is 1.11 bits per heavy atom. The van der Waals surface area contributed by atoms with Gasteiger partial charge in [-0.25, -0.2) is 0 Å². The molecule has 4 rings (SSSR count). The number of fused-ring (bicyclic) bond motifs is 1. The van der Waals surface area contributed by atoms with Gasteiger partial charge in [-0.15, -0.1) is 0 Å². The first kappa shape index (κ1) is 18.9. The lowest BCUT2D eigenvalue weighted by atomic mass is 9.98. The van der Waals surface area contributed by atoms with Crippen LogP contribution in [0.1, 0.15) is 25.3 Å². The van der Waals surface area contributed by atoms with Crippen LogP contribution in [0, 0.1) is 17.2 Å². The van der Waals surface area contributed by atoms with Crippen LogP contribution in [0.15, 0.2) is 42.5 Å². The maximum absolute atomic E-state index is 12.4. The van der Waals surface area contributed by atoms with E-state index in [1.807, 2.05) is 6.92 Å². The first-order valence-corrected chi connectivity index (χ1v) is 10.4. The third-order valence-corrected chi connectivity index (χ3v) is 6.42. The van der Waals surface area contributed by atoms with Gasteiger partial charge in [-0.1, -0.05) is 42.5 Å². The van der Waals surface area contributed by atoms with Crippen molar-refractivity contribution in [2.24, 2.45) is 5.92 Å². The van der Waals surface area contributed by atoms with Crippen LogP contribution in [0.25, 0.3) is 10.8 Å². The molecule has 28 heavy (non-hydrogen) atoms. The van der Waals surface area contributed by atoms with Gasteiger partial charge in [0.1, 0.15) is 38.3 Å². The maximum atomic E-state index is 12.4. The molecule has 2 aromatic carbocycles. The molecule has 1 heterocycles. The van der Waals surface area contributed by atoms with Crippen molar-refractivity contribution in [3.8, 4) is 6.07 Å². The van der Waals surface area contributed by atoms with E-state index in [0.29, 0.717) is 12.5 Å². The standard InChI is InChI=1S/C23H28N4O/c1-23(17-24,20-9-10-20)25-22(28)16-27-13-11-26(12-14-27)15-19-7-4-6-18-5-2-3-8-21(18)19/h2-8,20H,9-16H2,1H3,(H,25,28)/p+2/t23-/m0/s1. The lowest BCUT2D eigenvalue weighted by Crippen LogP contribution is -3.28. The van der Waals surface area contributed by atoms with Crippen molar-refractivity contribution < 1.29 is 14.6 Å². The second-order valence-electron chi connectivity index (χ2n) is 8.63. The van der Waals surface area contributed by atoms with Crippen LogP contribution in [-0.2, 0) is 11.3 Å². The van der Waals surface area contributed by atoms with Gasteiger partial charge in [0, 0.05) is 5.56 Å². The van der Waals surface area contributed by atoms with E-state index in [0.717, 1.165) is 45.6 Å².